The van der Waals surface area contributed by atoms with Crippen molar-refractivity contribution in [3.05, 3.63) is 41.2 Å². The molecule has 0 spiro atoms. The van der Waals surface area contributed by atoms with Gasteiger partial charge in [0.25, 0.3) is 0 Å². The van der Waals surface area contributed by atoms with Crippen LogP contribution in [-0.2, 0) is 11.3 Å². The van der Waals surface area contributed by atoms with Crippen molar-refractivity contribution in [3.8, 4) is 0 Å². The standard InChI is InChI=1S/C14H16FNO2/c1-16(13-5-6-13)9-11-2-4-12(15)8-10(11)3-7-14(17)18/h2-4,7-8,13H,5-6,9H2,1H3,(H,17,18)/b7-3+. The molecule has 1 N–H and O–H groups in total. The van der Waals surface area contributed by atoms with E-state index in [2.05, 4.69) is 4.90 Å². The van der Waals surface area contributed by atoms with Crippen LogP contribution < -0.4 is 0 Å². The van der Waals surface area contributed by atoms with Gasteiger partial charge >= 0.3 is 5.97 Å². The van der Waals surface area contributed by atoms with Gasteiger partial charge in [0.05, 0.1) is 0 Å². The zero-order chi connectivity index (χ0) is 13.1. The summed E-state index contributed by atoms with van der Waals surface area (Å²) in [4.78, 5) is 12.7. The second kappa shape index (κ2) is 5.31. The van der Waals surface area contributed by atoms with Gasteiger partial charge in [-0.1, -0.05) is 6.07 Å². The molecule has 0 heterocycles. The van der Waals surface area contributed by atoms with Crippen LogP contribution in [0.4, 0.5) is 4.39 Å². The lowest BCUT2D eigenvalue weighted by Crippen LogP contribution is -2.20. The zero-order valence-electron chi connectivity index (χ0n) is 10.3. The number of carboxylic acid groups (broad SMARTS) is 1. The molecule has 0 bridgehead atoms. The number of aliphatic carboxylic acids is 1. The van der Waals surface area contributed by atoms with E-state index >= 15 is 0 Å². The maximum atomic E-state index is 13.2. The number of hydrogen-bond donors (Lipinski definition) is 1. The molecule has 96 valence electrons. The Labute approximate surface area is 106 Å². The molecule has 0 saturated heterocycles. The van der Waals surface area contributed by atoms with E-state index in [-0.39, 0.29) is 5.82 Å². The van der Waals surface area contributed by atoms with Crippen molar-refractivity contribution in [3.63, 3.8) is 0 Å². The third kappa shape index (κ3) is 3.40. The Balaban J connectivity index is 2.19. The lowest BCUT2D eigenvalue weighted by Gasteiger charge is -2.17. The van der Waals surface area contributed by atoms with Gasteiger partial charge in [0, 0.05) is 18.7 Å². The van der Waals surface area contributed by atoms with E-state index in [9.17, 15) is 9.18 Å². The molecular formula is C14H16FNO2. The van der Waals surface area contributed by atoms with Gasteiger partial charge < -0.3 is 5.11 Å². The number of carbonyl (C=O) groups is 1. The second-order valence-corrected chi connectivity index (χ2v) is 4.66. The number of benzene rings is 1. The number of halogens is 1. The summed E-state index contributed by atoms with van der Waals surface area (Å²) in [6.45, 7) is 0.713. The SMILES string of the molecule is CN(Cc1ccc(F)cc1/C=C/C(=O)O)C1CC1. The Bertz CT molecular complexity index is 481. The first-order valence-corrected chi connectivity index (χ1v) is 5.96. The summed E-state index contributed by atoms with van der Waals surface area (Å²) in [5.41, 5.74) is 1.58. The molecule has 0 radical (unpaired) electrons. The van der Waals surface area contributed by atoms with Gasteiger partial charge in [-0.05, 0) is 49.2 Å². The van der Waals surface area contributed by atoms with Crippen molar-refractivity contribution in [2.45, 2.75) is 25.4 Å². The Morgan fingerprint density at radius 1 is 1.56 bits per heavy atom. The van der Waals surface area contributed by atoms with Crippen LogP contribution in [0.2, 0.25) is 0 Å². The van der Waals surface area contributed by atoms with Gasteiger partial charge in [-0.2, -0.15) is 0 Å². The predicted octanol–water partition coefficient (Wildman–Crippen LogP) is 2.52. The fraction of sp³-hybridized carbons (Fsp3) is 0.357. The monoisotopic (exact) mass is 249 g/mol. The summed E-state index contributed by atoms with van der Waals surface area (Å²) in [6.07, 6.45) is 4.90. The summed E-state index contributed by atoms with van der Waals surface area (Å²) in [5.74, 6) is -1.38. The van der Waals surface area contributed by atoms with E-state index < -0.39 is 5.97 Å². The highest BCUT2D eigenvalue weighted by Crippen LogP contribution is 2.27. The number of rotatable bonds is 5. The van der Waals surface area contributed by atoms with Crippen LogP contribution in [0.1, 0.15) is 24.0 Å². The molecule has 0 unspecified atom stereocenters. The normalized spacial score (nSPS) is 15.5. The van der Waals surface area contributed by atoms with Crippen LogP contribution in [0.15, 0.2) is 24.3 Å². The molecule has 1 aliphatic carbocycles. The molecule has 3 nitrogen and oxygen atoms in total. The van der Waals surface area contributed by atoms with Gasteiger partial charge in [0.1, 0.15) is 5.82 Å². The first-order valence-electron chi connectivity index (χ1n) is 5.96. The molecule has 1 aliphatic rings. The molecule has 1 saturated carbocycles. The highest BCUT2D eigenvalue weighted by atomic mass is 19.1. The van der Waals surface area contributed by atoms with Crippen molar-refractivity contribution in [2.75, 3.05) is 7.05 Å². The van der Waals surface area contributed by atoms with Crippen LogP contribution in [0.3, 0.4) is 0 Å². The maximum absolute atomic E-state index is 13.2. The second-order valence-electron chi connectivity index (χ2n) is 4.66. The topological polar surface area (TPSA) is 40.5 Å². The molecule has 1 fully saturated rings. The van der Waals surface area contributed by atoms with Crippen molar-refractivity contribution >= 4 is 12.0 Å². The Morgan fingerprint density at radius 3 is 2.89 bits per heavy atom. The summed E-state index contributed by atoms with van der Waals surface area (Å²) in [7, 11) is 2.03. The van der Waals surface area contributed by atoms with Crippen molar-refractivity contribution in [2.24, 2.45) is 0 Å². The Hall–Kier alpha value is -1.68. The van der Waals surface area contributed by atoms with E-state index in [0.29, 0.717) is 18.2 Å². The Kier molecular flexibility index (Phi) is 3.77. The van der Waals surface area contributed by atoms with Gasteiger partial charge in [-0.15, -0.1) is 0 Å². The molecular weight excluding hydrogens is 233 g/mol. The average molecular weight is 249 g/mol. The summed E-state index contributed by atoms with van der Waals surface area (Å²) in [5, 5.41) is 8.62. The first kappa shape index (κ1) is 12.8. The van der Waals surface area contributed by atoms with Crippen LogP contribution in [-0.4, -0.2) is 29.1 Å². The van der Waals surface area contributed by atoms with Crippen LogP contribution in [0.25, 0.3) is 6.08 Å². The molecule has 1 aromatic rings. The fourth-order valence-corrected chi connectivity index (χ4v) is 1.94. The van der Waals surface area contributed by atoms with Crippen molar-refractivity contribution < 1.29 is 14.3 Å². The molecule has 0 aromatic heterocycles. The lowest BCUT2D eigenvalue weighted by atomic mass is 10.1. The lowest BCUT2D eigenvalue weighted by molar-refractivity contribution is -0.131. The minimum absolute atomic E-state index is 0.349. The Morgan fingerprint density at radius 2 is 2.28 bits per heavy atom. The van der Waals surface area contributed by atoms with Crippen molar-refractivity contribution in [1.29, 1.82) is 0 Å². The van der Waals surface area contributed by atoms with E-state index in [4.69, 9.17) is 5.11 Å². The first-order chi connectivity index (χ1) is 8.56. The van der Waals surface area contributed by atoms with Crippen molar-refractivity contribution in [1.82, 2.24) is 4.90 Å². The third-order valence-electron chi connectivity index (χ3n) is 3.10. The maximum Gasteiger partial charge on any atom is 0.328 e. The minimum atomic E-state index is -1.03. The predicted molar refractivity (Wildman–Crippen MR) is 67.6 cm³/mol. The molecule has 18 heavy (non-hydrogen) atoms. The average Bonchev–Trinajstić information content (AvgIpc) is 3.13. The van der Waals surface area contributed by atoms with E-state index in [1.54, 1.807) is 6.07 Å². The zero-order valence-corrected chi connectivity index (χ0v) is 10.3. The van der Waals surface area contributed by atoms with Gasteiger partial charge in [-0.3, -0.25) is 4.90 Å². The number of carboxylic acids is 1. The van der Waals surface area contributed by atoms with Crippen LogP contribution >= 0.6 is 0 Å². The van der Waals surface area contributed by atoms with Crippen LogP contribution in [0, 0.1) is 5.82 Å². The molecule has 0 amide bonds. The third-order valence-corrected chi connectivity index (χ3v) is 3.10. The van der Waals surface area contributed by atoms with E-state index in [0.717, 1.165) is 11.6 Å². The van der Waals surface area contributed by atoms with Crippen LogP contribution in [0.5, 0.6) is 0 Å². The fourth-order valence-electron chi connectivity index (χ4n) is 1.94. The summed E-state index contributed by atoms with van der Waals surface area (Å²) in [6, 6.07) is 5.12. The molecule has 1 aromatic carbocycles. The largest absolute Gasteiger partial charge is 0.478 e. The van der Waals surface area contributed by atoms with Gasteiger partial charge in [0.2, 0.25) is 0 Å². The van der Waals surface area contributed by atoms with Gasteiger partial charge in [-0.25, -0.2) is 9.18 Å². The molecule has 4 heteroatoms. The molecule has 0 atom stereocenters. The summed E-state index contributed by atoms with van der Waals surface area (Å²) >= 11 is 0. The number of hydrogen-bond acceptors (Lipinski definition) is 2. The quantitative estimate of drug-likeness (QED) is 0.815. The molecule has 2 rings (SSSR count). The highest BCUT2D eigenvalue weighted by Gasteiger charge is 2.26. The number of nitrogens with zero attached hydrogens (tertiary/aromatic N) is 1. The summed E-state index contributed by atoms with van der Waals surface area (Å²) < 4.78 is 13.2. The van der Waals surface area contributed by atoms with Gasteiger partial charge in [0.15, 0.2) is 0 Å². The highest BCUT2D eigenvalue weighted by molar-refractivity contribution is 5.85. The van der Waals surface area contributed by atoms with E-state index in [1.807, 2.05) is 7.05 Å². The minimum Gasteiger partial charge on any atom is -0.478 e. The molecule has 0 aliphatic heterocycles. The smallest absolute Gasteiger partial charge is 0.328 e. The van der Waals surface area contributed by atoms with E-state index in [1.165, 1.54) is 31.1 Å².